The number of carbonyl (C=O) groups is 2. The minimum atomic E-state index is -0.542. The molecule has 1 aliphatic heterocycles. The second-order valence-corrected chi connectivity index (χ2v) is 9.91. The van der Waals surface area contributed by atoms with Crippen LogP contribution in [0.4, 0.5) is 15.8 Å². The smallest absolute Gasteiger partial charge is 0.239 e. The number of nitrogens with one attached hydrogen (secondary N) is 2. The molecule has 0 saturated carbocycles. The number of hydrogen-bond acceptors (Lipinski definition) is 5. The van der Waals surface area contributed by atoms with Crippen LogP contribution >= 0.6 is 0 Å². The third-order valence-corrected chi connectivity index (χ3v) is 6.54. The summed E-state index contributed by atoms with van der Waals surface area (Å²) in [6.07, 6.45) is 2.66. The lowest BCUT2D eigenvalue weighted by Crippen LogP contribution is -2.41. The largest absolute Gasteiger partial charge is 0.467 e. The van der Waals surface area contributed by atoms with E-state index in [1.807, 2.05) is 29.2 Å². The van der Waals surface area contributed by atoms with E-state index in [9.17, 15) is 14.0 Å². The molecule has 35 heavy (non-hydrogen) atoms. The number of amides is 1. The molecule has 0 spiro atoms. The zero-order valence-corrected chi connectivity index (χ0v) is 19.8. The number of para-hydroxylation sites is 2. The first-order valence-electron chi connectivity index (χ1n) is 11.7. The maximum atomic E-state index is 13.8. The van der Waals surface area contributed by atoms with Gasteiger partial charge in [-0.25, -0.2) is 4.39 Å². The summed E-state index contributed by atoms with van der Waals surface area (Å²) < 4.78 is 19.2. The van der Waals surface area contributed by atoms with Crippen molar-refractivity contribution in [1.29, 1.82) is 0 Å². The van der Waals surface area contributed by atoms with Gasteiger partial charge in [0.05, 0.1) is 36.8 Å². The summed E-state index contributed by atoms with van der Waals surface area (Å²) in [6, 6.07) is 16.9. The second kappa shape index (κ2) is 9.06. The van der Waals surface area contributed by atoms with Crippen molar-refractivity contribution in [2.24, 2.45) is 5.41 Å². The third kappa shape index (κ3) is 4.71. The quantitative estimate of drug-likeness (QED) is 0.523. The van der Waals surface area contributed by atoms with Crippen LogP contribution in [0, 0.1) is 11.2 Å². The molecule has 7 heteroatoms. The highest BCUT2D eigenvalue weighted by Crippen LogP contribution is 2.48. The Bertz CT molecular complexity index is 1280. The summed E-state index contributed by atoms with van der Waals surface area (Å²) in [5.41, 5.74) is 3.67. The molecule has 1 amide bonds. The number of furan rings is 1. The Balaban J connectivity index is 1.60. The van der Waals surface area contributed by atoms with E-state index >= 15 is 0 Å². The Labute approximate surface area is 203 Å². The van der Waals surface area contributed by atoms with E-state index in [1.54, 1.807) is 30.5 Å². The molecule has 1 aliphatic carbocycles. The Morgan fingerprint density at radius 1 is 1.11 bits per heavy atom. The predicted octanol–water partition coefficient (Wildman–Crippen LogP) is 5.35. The summed E-state index contributed by atoms with van der Waals surface area (Å²) in [4.78, 5) is 28.7. The van der Waals surface area contributed by atoms with Crippen molar-refractivity contribution < 1.29 is 18.4 Å². The average Bonchev–Trinajstić information content (AvgIpc) is 3.29. The number of carbonyl (C=O) groups excluding carboxylic acids is 2. The van der Waals surface area contributed by atoms with E-state index < -0.39 is 6.04 Å². The minimum absolute atomic E-state index is 0.00883. The van der Waals surface area contributed by atoms with Gasteiger partial charge in [-0.05, 0) is 53.8 Å². The molecule has 2 N–H and O–H groups in total. The summed E-state index contributed by atoms with van der Waals surface area (Å²) in [7, 11) is 0. The van der Waals surface area contributed by atoms with E-state index in [4.69, 9.17) is 4.42 Å². The van der Waals surface area contributed by atoms with Crippen molar-refractivity contribution in [3.8, 4) is 0 Å². The van der Waals surface area contributed by atoms with Crippen LogP contribution < -0.4 is 15.5 Å². The van der Waals surface area contributed by atoms with Gasteiger partial charge in [0.25, 0.3) is 0 Å². The van der Waals surface area contributed by atoms with Crippen LogP contribution in [0.1, 0.15) is 44.1 Å². The molecule has 5 rings (SSSR count). The lowest BCUT2D eigenvalue weighted by atomic mass is 9.73. The normalized spacial score (nSPS) is 18.9. The standard InChI is InChI=1S/C28H28FN3O3/c1-28(2)14-22-26(24(33)15-28)27(18-9-11-19(29)12-10-18)32(23-8-4-3-7-21(23)31-22)17-25(34)30-16-20-6-5-13-35-20/h3-13,27,31H,14-17H2,1-2H3,(H,30,34). The molecule has 1 unspecified atom stereocenters. The summed E-state index contributed by atoms with van der Waals surface area (Å²) >= 11 is 0. The van der Waals surface area contributed by atoms with Crippen LogP contribution in [0.3, 0.4) is 0 Å². The Kier molecular flexibility index (Phi) is 5.93. The van der Waals surface area contributed by atoms with Gasteiger partial charge in [-0.2, -0.15) is 0 Å². The maximum Gasteiger partial charge on any atom is 0.239 e. The number of Topliss-reactive ketones (excluding diaryl/α,β-unsaturated/α-hetero) is 1. The van der Waals surface area contributed by atoms with E-state index in [-0.39, 0.29) is 36.0 Å². The van der Waals surface area contributed by atoms with Crippen molar-refractivity contribution >= 4 is 23.1 Å². The fourth-order valence-electron chi connectivity index (χ4n) is 5.03. The molecule has 2 heterocycles. The van der Waals surface area contributed by atoms with E-state index in [0.29, 0.717) is 24.2 Å². The molecule has 1 aromatic heterocycles. The van der Waals surface area contributed by atoms with Gasteiger partial charge in [0, 0.05) is 17.7 Å². The molecule has 2 aliphatic rings. The number of ketones is 1. The highest BCUT2D eigenvalue weighted by Gasteiger charge is 2.41. The van der Waals surface area contributed by atoms with Crippen molar-refractivity contribution in [1.82, 2.24) is 5.32 Å². The third-order valence-electron chi connectivity index (χ3n) is 6.54. The SMILES string of the molecule is CC1(C)CC(=O)C2=C(C1)Nc1ccccc1N(CC(=O)NCc1ccco1)C2c1ccc(F)cc1. The molecule has 6 nitrogen and oxygen atoms in total. The van der Waals surface area contributed by atoms with E-state index in [1.165, 1.54) is 12.1 Å². The molecule has 0 radical (unpaired) electrons. The molecule has 0 bridgehead atoms. The summed E-state index contributed by atoms with van der Waals surface area (Å²) in [5, 5.41) is 6.42. The topological polar surface area (TPSA) is 74.6 Å². The van der Waals surface area contributed by atoms with Gasteiger partial charge in [-0.15, -0.1) is 0 Å². The van der Waals surface area contributed by atoms with Crippen molar-refractivity contribution in [3.05, 3.63) is 95.3 Å². The predicted molar refractivity (Wildman–Crippen MR) is 132 cm³/mol. The Hall–Kier alpha value is -3.87. The fourth-order valence-corrected chi connectivity index (χ4v) is 5.03. The zero-order valence-electron chi connectivity index (χ0n) is 19.8. The molecule has 1 atom stereocenters. The molecule has 3 aromatic rings. The molecular formula is C28H28FN3O3. The maximum absolute atomic E-state index is 13.8. The van der Waals surface area contributed by atoms with E-state index in [2.05, 4.69) is 24.5 Å². The number of hydrogen-bond donors (Lipinski definition) is 2. The monoisotopic (exact) mass is 473 g/mol. The molecule has 2 aromatic carbocycles. The van der Waals surface area contributed by atoms with Gasteiger partial charge in [0.1, 0.15) is 11.6 Å². The fraction of sp³-hybridized carbons (Fsp3) is 0.286. The lowest BCUT2D eigenvalue weighted by molar-refractivity contribution is -0.121. The number of nitrogens with zero attached hydrogens (tertiary/aromatic N) is 1. The first kappa shape index (κ1) is 22.9. The van der Waals surface area contributed by atoms with Crippen molar-refractivity contribution in [2.45, 2.75) is 39.3 Å². The summed E-state index contributed by atoms with van der Waals surface area (Å²) in [6.45, 7) is 4.44. The molecular weight excluding hydrogens is 445 g/mol. The molecule has 0 fully saturated rings. The number of allylic oxidation sites excluding steroid dienone is 1. The van der Waals surface area contributed by atoms with Crippen molar-refractivity contribution in [2.75, 3.05) is 16.8 Å². The number of benzene rings is 2. The van der Waals surface area contributed by atoms with Crippen LogP contribution in [0.2, 0.25) is 0 Å². The second-order valence-electron chi connectivity index (χ2n) is 9.91. The summed E-state index contributed by atoms with van der Waals surface area (Å²) in [5.74, 6) is 0.123. The number of halogens is 1. The van der Waals surface area contributed by atoms with Crippen molar-refractivity contribution in [3.63, 3.8) is 0 Å². The molecule has 0 saturated heterocycles. The van der Waals surface area contributed by atoms with Gasteiger partial charge in [-0.1, -0.05) is 38.1 Å². The first-order valence-corrected chi connectivity index (χ1v) is 11.7. The van der Waals surface area contributed by atoms with Gasteiger partial charge in [0.2, 0.25) is 5.91 Å². The zero-order chi connectivity index (χ0) is 24.6. The number of fused-ring (bicyclic) bond motifs is 1. The Morgan fingerprint density at radius 3 is 2.63 bits per heavy atom. The van der Waals surface area contributed by atoms with Crippen LogP contribution in [0.15, 0.2) is 82.6 Å². The highest BCUT2D eigenvalue weighted by atomic mass is 19.1. The van der Waals surface area contributed by atoms with Gasteiger partial charge in [-0.3, -0.25) is 9.59 Å². The van der Waals surface area contributed by atoms with Crippen LogP contribution in [0.5, 0.6) is 0 Å². The van der Waals surface area contributed by atoms with Crippen LogP contribution in [-0.2, 0) is 16.1 Å². The average molecular weight is 474 g/mol. The van der Waals surface area contributed by atoms with Gasteiger partial charge < -0.3 is 20.0 Å². The van der Waals surface area contributed by atoms with Gasteiger partial charge in [0.15, 0.2) is 5.78 Å². The molecule has 180 valence electrons. The first-order chi connectivity index (χ1) is 16.8. The van der Waals surface area contributed by atoms with Gasteiger partial charge >= 0.3 is 0 Å². The number of anilines is 2. The lowest BCUT2D eigenvalue weighted by Gasteiger charge is -2.37. The van der Waals surface area contributed by atoms with Crippen LogP contribution in [-0.4, -0.2) is 18.2 Å². The Morgan fingerprint density at radius 2 is 1.89 bits per heavy atom. The minimum Gasteiger partial charge on any atom is -0.467 e. The van der Waals surface area contributed by atoms with Crippen LogP contribution in [0.25, 0.3) is 0 Å². The van der Waals surface area contributed by atoms with E-state index in [0.717, 1.165) is 22.6 Å². The highest BCUT2D eigenvalue weighted by molar-refractivity contribution is 6.01. The number of rotatable bonds is 5.